The van der Waals surface area contributed by atoms with E-state index in [1.807, 2.05) is 24.3 Å². The highest BCUT2D eigenvalue weighted by Gasteiger charge is 2.04. The van der Waals surface area contributed by atoms with E-state index in [0.29, 0.717) is 12.3 Å². The van der Waals surface area contributed by atoms with Crippen LogP contribution in [0.4, 0.5) is 0 Å². The van der Waals surface area contributed by atoms with Gasteiger partial charge in [-0.2, -0.15) is 0 Å². The summed E-state index contributed by atoms with van der Waals surface area (Å²) in [6, 6.07) is 7.66. The maximum atomic E-state index is 11.1. The number of likely N-dealkylation sites (N-methyl/N-ethyl adjacent to an activating group) is 1. The molecule has 0 unspecified atom stereocenters. The second-order valence-corrected chi connectivity index (χ2v) is 4.47. The first-order chi connectivity index (χ1) is 9.78. The summed E-state index contributed by atoms with van der Waals surface area (Å²) in [6.45, 7) is 2.52. The van der Waals surface area contributed by atoms with Crippen LogP contribution in [-0.4, -0.2) is 38.6 Å². The summed E-state index contributed by atoms with van der Waals surface area (Å²) in [5.74, 6) is 1.38. The van der Waals surface area contributed by atoms with Gasteiger partial charge >= 0.3 is 0 Å². The number of hydrogen-bond acceptors (Lipinski definition) is 5. The molecule has 0 radical (unpaired) electrons. The van der Waals surface area contributed by atoms with Crippen LogP contribution in [0, 0.1) is 0 Å². The molecule has 1 aliphatic rings. The molecule has 0 aliphatic carbocycles. The summed E-state index contributed by atoms with van der Waals surface area (Å²) in [5, 5.41) is 8.97. The lowest BCUT2D eigenvalue weighted by atomic mass is 10.2. The van der Waals surface area contributed by atoms with E-state index in [1.54, 1.807) is 7.05 Å². The minimum atomic E-state index is -0.144. The molecule has 0 fully saturated rings. The summed E-state index contributed by atoms with van der Waals surface area (Å²) < 4.78 is 5.41. The molecule has 0 bridgehead atoms. The fourth-order valence-electron chi connectivity index (χ4n) is 1.80. The summed E-state index contributed by atoms with van der Waals surface area (Å²) >= 11 is 0. The van der Waals surface area contributed by atoms with Gasteiger partial charge in [-0.1, -0.05) is 12.1 Å². The van der Waals surface area contributed by atoms with Crippen molar-refractivity contribution in [3.8, 4) is 5.75 Å². The van der Waals surface area contributed by atoms with Crippen LogP contribution in [0.5, 0.6) is 5.75 Å². The number of benzene rings is 1. The van der Waals surface area contributed by atoms with E-state index in [0.717, 1.165) is 31.0 Å². The topological polar surface area (TPSA) is 74.8 Å². The molecule has 1 aromatic rings. The highest BCUT2D eigenvalue weighted by molar-refractivity contribution is 5.80. The van der Waals surface area contributed by atoms with E-state index in [-0.39, 0.29) is 12.5 Å². The van der Waals surface area contributed by atoms with Crippen LogP contribution in [0.15, 0.2) is 29.3 Å². The number of rotatable bonds is 5. The van der Waals surface area contributed by atoms with E-state index < -0.39 is 0 Å². The van der Waals surface area contributed by atoms with Crippen molar-refractivity contribution in [1.82, 2.24) is 16.0 Å². The van der Waals surface area contributed by atoms with Gasteiger partial charge in [0.25, 0.3) is 5.91 Å². The van der Waals surface area contributed by atoms with Gasteiger partial charge in [0.05, 0.1) is 0 Å². The lowest BCUT2D eigenvalue weighted by Crippen LogP contribution is -2.40. The Morgan fingerprint density at radius 2 is 2.40 bits per heavy atom. The molecule has 0 saturated heterocycles. The minimum Gasteiger partial charge on any atom is -0.484 e. The van der Waals surface area contributed by atoms with E-state index in [9.17, 15) is 4.79 Å². The Labute approximate surface area is 118 Å². The third-order valence-electron chi connectivity index (χ3n) is 2.90. The van der Waals surface area contributed by atoms with Crippen molar-refractivity contribution in [2.75, 3.05) is 26.7 Å². The van der Waals surface area contributed by atoms with Gasteiger partial charge in [-0.05, 0) is 24.1 Å². The number of aliphatic imine (C=N–C) groups is 1. The van der Waals surface area contributed by atoms with Crippen molar-refractivity contribution in [3.05, 3.63) is 29.8 Å². The van der Waals surface area contributed by atoms with Crippen molar-refractivity contribution in [1.29, 1.82) is 0 Å². The summed E-state index contributed by atoms with van der Waals surface area (Å²) in [6.07, 6.45) is 1.08. The number of guanidine groups is 1. The second-order valence-electron chi connectivity index (χ2n) is 4.47. The third kappa shape index (κ3) is 4.46. The first kappa shape index (κ1) is 14.2. The smallest absolute Gasteiger partial charge is 0.257 e. The van der Waals surface area contributed by atoms with Crippen molar-refractivity contribution in [2.45, 2.75) is 13.0 Å². The SMILES string of the molecule is CNC(=O)COc1cccc(CNC2=NCCCN2)c1. The predicted molar refractivity (Wildman–Crippen MR) is 77.8 cm³/mol. The lowest BCUT2D eigenvalue weighted by molar-refractivity contribution is -0.122. The Hall–Kier alpha value is -2.24. The maximum Gasteiger partial charge on any atom is 0.257 e. The zero-order valence-corrected chi connectivity index (χ0v) is 11.6. The zero-order chi connectivity index (χ0) is 14.2. The van der Waals surface area contributed by atoms with Crippen LogP contribution in [-0.2, 0) is 11.3 Å². The maximum absolute atomic E-state index is 11.1. The molecule has 1 amide bonds. The number of carbonyl (C=O) groups excluding carboxylic acids is 1. The number of ether oxygens (including phenoxy) is 1. The molecule has 1 aromatic carbocycles. The Morgan fingerprint density at radius 1 is 1.50 bits per heavy atom. The number of nitrogens with one attached hydrogen (secondary N) is 3. The summed E-state index contributed by atoms with van der Waals surface area (Å²) in [5.41, 5.74) is 1.08. The van der Waals surface area contributed by atoms with E-state index >= 15 is 0 Å². The molecule has 20 heavy (non-hydrogen) atoms. The monoisotopic (exact) mass is 276 g/mol. The first-order valence-corrected chi connectivity index (χ1v) is 6.72. The average molecular weight is 276 g/mol. The highest BCUT2D eigenvalue weighted by Crippen LogP contribution is 2.13. The fraction of sp³-hybridized carbons (Fsp3) is 0.429. The van der Waals surface area contributed by atoms with Gasteiger partial charge in [0.1, 0.15) is 5.75 Å². The standard InChI is InChI=1S/C14H20N4O2/c1-15-13(19)10-20-12-5-2-4-11(8-12)9-18-14-16-6-3-7-17-14/h2,4-5,8H,3,6-7,9-10H2,1H3,(H,15,19)(H2,16,17,18). The van der Waals surface area contributed by atoms with Crippen molar-refractivity contribution in [2.24, 2.45) is 4.99 Å². The minimum absolute atomic E-state index is 0.0294. The number of hydrogen-bond donors (Lipinski definition) is 3. The van der Waals surface area contributed by atoms with Crippen molar-refractivity contribution >= 4 is 11.9 Å². The first-order valence-electron chi connectivity index (χ1n) is 6.72. The molecule has 108 valence electrons. The van der Waals surface area contributed by atoms with Crippen LogP contribution in [0.3, 0.4) is 0 Å². The van der Waals surface area contributed by atoms with Crippen LogP contribution in [0.2, 0.25) is 0 Å². The summed E-state index contributed by atoms with van der Waals surface area (Å²) in [4.78, 5) is 15.5. The molecule has 1 aliphatic heterocycles. The van der Waals surface area contributed by atoms with Gasteiger partial charge in [-0.25, -0.2) is 0 Å². The van der Waals surface area contributed by atoms with E-state index in [1.165, 1.54) is 0 Å². The van der Waals surface area contributed by atoms with Gasteiger partial charge in [-0.3, -0.25) is 9.79 Å². The normalized spacial score (nSPS) is 13.9. The average Bonchev–Trinajstić information content (AvgIpc) is 2.52. The largest absolute Gasteiger partial charge is 0.484 e. The van der Waals surface area contributed by atoms with E-state index in [2.05, 4.69) is 20.9 Å². The lowest BCUT2D eigenvalue weighted by Gasteiger charge is -2.16. The molecule has 6 nitrogen and oxygen atoms in total. The van der Waals surface area contributed by atoms with Gasteiger partial charge in [0.15, 0.2) is 12.6 Å². The molecular formula is C14H20N4O2. The summed E-state index contributed by atoms with van der Waals surface area (Å²) in [7, 11) is 1.59. The van der Waals surface area contributed by atoms with Crippen LogP contribution < -0.4 is 20.7 Å². The predicted octanol–water partition coefficient (Wildman–Crippen LogP) is 0.250. The second kappa shape index (κ2) is 7.37. The van der Waals surface area contributed by atoms with E-state index in [4.69, 9.17) is 4.74 Å². The Balaban J connectivity index is 1.85. The number of carbonyl (C=O) groups is 1. The molecule has 2 rings (SSSR count). The van der Waals surface area contributed by atoms with Crippen LogP contribution in [0.1, 0.15) is 12.0 Å². The van der Waals surface area contributed by atoms with Gasteiger partial charge in [0.2, 0.25) is 0 Å². The Bertz CT molecular complexity index is 488. The zero-order valence-electron chi connectivity index (χ0n) is 11.6. The Kier molecular flexibility index (Phi) is 5.23. The molecule has 6 heteroatoms. The van der Waals surface area contributed by atoms with Crippen LogP contribution in [0.25, 0.3) is 0 Å². The Morgan fingerprint density at radius 3 is 3.15 bits per heavy atom. The molecule has 0 aromatic heterocycles. The molecule has 0 saturated carbocycles. The number of amides is 1. The fourth-order valence-corrected chi connectivity index (χ4v) is 1.80. The van der Waals surface area contributed by atoms with Crippen molar-refractivity contribution in [3.63, 3.8) is 0 Å². The molecule has 0 atom stereocenters. The molecular weight excluding hydrogens is 256 g/mol. The van der Waals surface area contributed by atoms with Crippen LogP contribution >= 0.6 is 0 Å². The van der Waals surface area contributed by atoms with Gasteiger partial charge < -0.3 is 20.7 Å². The highest BCUT2D eigenvalue weighted by atomic mass is 16.5. The molecule has 3 N–H and O–H groups in total. The quantitative estimate of drug-likeness (QED) is 0.721. The van der Waals surface area contributed by atoms with Crippen molar-refractivity contribution < 1.29 is 9.53 Å². The van der Waals surface area contributed by atoms with Gasteiger partial charge in [0, 0.05) is 26.7 Å². The van der Waals surface area contributed by atoms with Gasteiger partial charge in [-0.15, -0.1) is 0 Å². The molecule has 1 heterocycles. The third-order valence-corrected chi connectivity index (χ3v) is 2.90. The number of nitrogens with zero attached hydrogens (tertiary/aromatic N) is 1. The molecule has 0 spiro atoms.